The summed E-state index contributed by atoms with van der Waals surface area (Å²) in [5, 5.41) is 0. The van der Waals surface area contributed by atoms with E-state index in [0.29, 0.717) is 15.1 Å². The molecule has 2 bridgehead atoms. The number of carbonyl (C=O) groups excluding carboxylic acids is 1. The second-order valence-corrected chi connectivity index (χ2v) is 9.57. The number of thiazole rings is 1. The Hall–Kier alpha value is -3.39. The number of esters is 1. The Morgan fingerprint density at radius 3 is 2.64 bits per heavy atom. The summed E-state index contributed by atoms with van der Waals surface area (Å²) in [6.07, 6.45) is 1.92. The lowest BCUT2D eigenvalue weighted by Gasteiger charge is -2.44. The minimum absolute atomic E-state index is 0.0867. The molecule has 2 aliphatic heterocycles. The molecule has 0 fully saturated rings. The van der Waals surface area contributed by atoms with Crippen molar-refractivity contribution in [1.29, 1.82) is 0 Å². The second-order valence-electron chi connectivity index (χ2n) is 8.56. The lowest BCUT2D eigenvalue weighted by molar-refractivity contribution is -0.158. The van der Waals surface area contributed by atoms with E-state index in [1.54, 1.807) is 11.5 Å². The van der Waals surface area contributed by atoms with Gasteiger partial charge in [-0.1, -0.05) is 41.7 Å². The number of para-hydroxylation sites is 1. The van der Waals surface area contributed by atoms with Gasteiger partial charge in [0.05, 0.1) is 23.8 Å². The van der Waals surface area contributed by atoms with Crippen LogP contribution >= 0.6 is 11.3 Å². The topological polar surface area (TPSA) is 79.1 Å². The van der Waals surface area contributed by atoms with Crippen molar-refractivity contribution in [2.24, 2.45) is 10.9 Å². The van der Waals surface area contributed by atoms with E-state index in [9.17, 15) is 9.59 Å². The van der Waals surface area contributed by atoms with Crippen LogP contribution in [-0.2, 0) is 9.53 Å². The van der Waals surface area contributed by atoms with Crippen LogP contribution in [0.15, 0.2) is 58.3 Å². The molecule has 0 saturated carbocycles. The van der Waals surface area contributed by atoms with Crippen molar-refractivity contribution < 1.29 is 19.0 Å². The van der Waals surface area contributed by atoms with Crippen LogP contribution < -0.4 is 24.4 Å². The Morgan fingerprint density at radius 1 is 1.21 bits per heavy atom. The molecule has 0 unspecified atom stereocenters. The molecule has 0 aliphatic carbocycles. The number of methoxy groups -OCH3 is 1. The molecule has 7 nitrogen and oxygen atoms in total. The Kier molecular flexibility index (Phi) is 5.12. The number of aromatic nitrogens is 1. The Morgan fingerprint density at radius 2 is 1.94 bits per heavy atom. The van der Waals surface area contributed by atoms with Gasteiger partial charge >= 0.3 is 5.97 Å². The molecule has 0 spiro atoms. The molecule has 2 aromatic carbocycles. The van der Waals surface area contributed by atoms with Crippen molar-refractivity contribution >= 4 is 23.4 Å². The van der Waals surface area contributed by atoms with E-state index in [1.807, 2.05) is 68.5 Å². The van der Waals surface area contributed by atoms with E-state index in [1.165, 1.54) is 18.4 Å². The number of hydrogen-bond donors (Lipinski definition) is 0. The van der Waals surface area contributed by atoms with E-state index in [-0.39, 0.29) is 11.7 Å². The predicted molar refractivity (Wildman–Crippen MR) is 124 cm³/mol. The van der Waals surface area contributed by atoms with Crippen LogP contribution in [0.4, 0.5) is 0 Å². The zero-order valence-corrected chi connectivity index (χ0v) is 19.6. The van der Waals surface area contributed by atoms with Crippen molar-refractivity contribution in [2.75, 3.05) is 7.11 Å². The maximum atomic E-state index is 13.6. The zero-order valence-electron chi connectivity index (χ0n) is 18.8. The molecule has 3 heterocycles. The molecule has 170 valence electrons. The van der Waals surface area contributed by atoms with E-state index in [0.717, 1.165) is 16.9 Å². The summed E-state index contributed by atoms with van der Waals surface area (Å²) in [7, 11) is 1.34. The third-order valence-electron chi connectivity index (χ3n) is 5.88. The third-order valence-corrected chi connectivity index (χ3v) is 6.87. The molecular formula is C25H24N2O5S. The van der Waals surface area contributed by atoms with Crippen molar-refractivity contribution in [3.05, 3.63) is 79.3 Å². The summed E-state index contributed by atoms with van der Waals surface area (Å²) in [5.41, 5.74) is 0.274. The highest BCUT2D eigenvalue weighted by Crippen LogP contribution is 2.47. The maximum absolute atomic E-state index is 13.6. The van der Waals surface area contributed by atoms with E-state index in [4.69, 9.17) is 19.2 Å². The minimum atomic E-state index is -1.17. The molecule has 33 heavy (non-hydrogen) atoms. The fraction of sp³-hybridized carbons (Fsp3) is 0.320. The van der Waals surface area contributed by atoms with Crippen molar-refractivity contribution in [2.45, 2.75) is 38.6 Å². The molecule has 1 aromatic heterocycles. The summed E-state index contributed by atoms with van der Waals surface area (Å²) in [4.78, 5) is 31.7. The highest BCUT2D eigenvalue weighted by atomic mass is 32.1. The number of rotatable bonds is 4. The molecule has 0 saturated heterocycles. The third kappa shape index (κ3) is 3.54. The Balaban J connectivity index is 1.67. The number of carbonyl (C=O) groups is 1. The van der Waals surface area contributed by atoms with Crippen molar-refractivity contribution in [3.63, 3.8) is 0 Å². The second kappa shape index (κ2) is 7.88. The van der Waals surface area contributed by atoms with E-state index >= 15 is 0 Å². The molecule has 2 aliphatic rings. The number of nitrogens with zero attached hydrogens (tertiary/aromatic N) is 2. The van der Waals surface area contributed by atoms with Crippen molar-refractivity contribution in [1.82, 2.24) is 4.57 Å². The van der Waals surface area contributed by atoms with E-state index < -0.39 is 23.7 Å². The Labute approximate surface area is 194 Å². The predicted octanol–water partition coefficient (Wildman–Crippen LogP) is 2.65. The molecule has 0 amide bonds. The zero-order chi connectivity index (χ0) is 23.3. The van der Waals surface area contributed by atoms with Gasteiger partial charge in [-0.25, -0.2) is 4.99 Å². The first-order valence-electron chi connectivity index (χ1n) is 10.8. The number of fused-ring (bicyclic) bond motifs is 6. The standard InChI is InChI=1S/C25H24N2O5S/c1-14(2)31-16-11-9-15(10-12-16)13-19-22(28)27-21-17-7-5-6-8-18(17)32-25(3,26-24(27)33-19)20(21)23(29)30-4/h5-14,20-21H,1-4H3/b19-13+/t20-,21-,25-/m1/s1. The maximum Gasteiger partial charge on any atom is 0.317 e. The van der Waals surface area contributed by atoms with Crippen LogP contribution in [0.3, 0.4) is 0 Å². The normalized spacial score (nSPS) is 23.2. The molecule has 8 heteroatoms. The first kappa shape index (κ1) is 21.5. The molecule has 5 rings (SSSR count). The first-order chi connectivity index (χ1) is 15.8. The molecule has 3 aromatic rings. The number of hydrogen-bond acceptors (Lipinski definition) is 7. The van der Waals surface area contributed by atoms with Gasteiger partial charge in [-0.05, 0) is 50.6 Å². The van der Waals surface area contributed by atoms with Gasteiger partial charge in [-0.15, -0.1) is 0 Å². The van der Waals surface area contributed by atoms with Gasteiger partial charge in [0.15, 0.2) is 4.80 Å². The van der Waals surface area contributed by atoms with Gasteiger partial charge in [0.25, 0.3) is 5.56 Å². The summed E-state index contributed by atoms with van der Waals surface area (Å²) in [6.45, 7) is 5.71. The number of benzene rings is 2. The molecule has 0 N–H and O–H groups in total. The highest BCUT2D eigenvalue weighted by molar-refractivity contribution is 7.07. The van der Waals surface area contributed by atoms with Crippen LogP contribution in [0.2, 0.25) is 0 Å². The fourth-order valence-corrected chi connectivity index (χ4v) is 5.60. The van der Waals surface area contributed by atoms with Crippen LogP contribution in [-0.4, -0.2) is 29.5 Å². The van der Waals surface area contributed by atoms with Crippen molar-refractivity contribution in [3.8, 4) is 11.5 Å². The quantitative estimate of drug-likeness (QED) is 0.555. The highest BCUT2D eigenvalue weighted by Gasteiger charge is 2.55. The summed E-state index contributed by atoms with van der Waals surface area (Å²) in [6, 6.07) is 14.5. The lowest BCUT2D eigenvalue weighted by atomic mass is 9.81. The largest absolute Gasteiger partial charge is 0.491 e. The van der Waals surface area contributed by atoms with Crippen LogP contribution in [0, 0.1) is 5.92 Å². The SMILES string of the molecule is COC(=O)[C@H]1[C@H]2c3ccccc3O[C@@]1(C)N=c1s/c(=C/c3ccc(OC(C)C)cc3)c(=O)n12. The van der Waals surface area contributed by atoms with Gasteiger partial charge in [0.1, 0.15) is 17.4 Å². The average molecular weight is 465 g/mol. The average Bonchev–Trinajstić information content (AvgIpc) is 3.07. The summed E-state index contributed by atoms with van der Waals surface area (Å²) < 4.78 is 19.1. The first-order valence-corrected chi connectivity index (χ1v) is 11.6. The van der Waals surface area contributed by atoms with Gasteiger partial charge in [0, 0.05) is 5.56 Å². The summed E-state index contributed by atoms with van der Waals surface area (Å²) in [5.74, 6) is 0.146. The van der Waals surface area contributed by atoms with Gasteiger partial charge < -0.3 is 14.2 Å². The summed E-state index contributed by atoms with van der Waals surface area (Å²) >= 11 is 1.29. The number of ether oxygens (including phenoxy) is 3. The van der Waals surface area contributed by atoms with Gasteiger partial charge in [0.2, 0.25) is 5.72 Å². The molecular weight excluding hydrogens is 440 g/mol. The lowest BCUT2D eigenvalue weighted by Crippen LogP contribution is -2.58. The molecule has 0 radical (unpaired) electrons. The minimum Gasteiger partial charge on any atom is -0.491 e. The van der Waals surface area contributed by atoms with Crippen LogP contribution in [0.25, 0.3) is 6.08 Å². The Bertz CT molecular complexity index is 1410. The van der Waals surface area contributed by atoms with Crippen LogP contribution in [0.5, 0.6) is 11.5 Å². The fourth-order valence-electron chi connectivity index (χ4n) is 4.50. The molecule has 3 atom stereocenters. The van der Waals surface area contributed by atoms with Crippen LogP contribution in [0.1, 0.15) is 37.9 Å². The van der Waals surface area contributed by atoms with Gasteiger partial charge in [-0.3, -0.25) is 14.2 Å². The van der Waals surface area contributed by atoms with E-state index in [2.05, 4.69) is 0 Å². The monoisotopic (exact) mass is 464 g/mol. The smallest absolute Gasteiger partial charge is 0.317 e. The van der Waals surface area contributed by atoms with Gasteiger partial charge in [-0.2, -0.15) is 0 Å².